The summed E-state index contributed by atoms with van der Waals surface area (Å²) in [4.78, 5) is 68.9. The smallest absolute Gasteiger partial charge is 0.435 e. The zero-order chi connectivity index (χ0) is 36.9. The van der Waals surface area contributed by atoms with E-state index in [4.69, 9.17) is 30.4 Å². The van der Waals surface area contributed by atoms with E-state index in [0.29, 0.717) is 42.7 Å². The first kappa shape index (κ1) is 38.0. The quantitative estimate of drug-likeness (QED) is 0.0772. The van der Waals surface area contributed by atoms with Gasteiger partial charge in [0, 0.05) is 36.3 Å². The maximum absolute atomic E-state index is 13.9. The van der Waals surface area contributed by atoms with E-state index < -0.39 is 30.0 Å². The molecule has 51 heavy (non-hydrogen) atoms. The van der Waals surface area contributed by atoms with Gasteiger partial charge in [0.05, 0.1) is 24.4 Å². The van der Waals surface area contributed by atoms with Crippen molar-refractivity contribution < 1.29 is 42.9 Å². The summed E-state index contributed by atoms with van der Waals surface area (Å²) < 4.78 is 21.1. The van der Waals surface area contributed by atoms with Crippen molar-refractivity contribution in [2.45, 2.75) is 58.3 Å². The molecule has 1 atom stereocenters. The molecule has 1 fully saturated rings. The molecular formula is C37H43N5O9. The minimum atomic E-state index is -0.955. The predicted octanol–water partition coefficient (Wildman–Crippen LogP) is 3.65. The third-order valence-electron chi connectivity index (χ3n) is 7.84. The Morgan fingerprint density at radius 1 is 0.922 bits per heavy atom. The van der Waals surface area contributed by atoms with Gasteiger partial charge in [-0.3, -0.25) is 9.59 Å². The van der Waals surface area contributed by atoms with Crippen molar-refractivity contribution in [3.63, 3.8) is 0 Å². The van der Waals surface area contributed by atoms with Gasteiger partial charge in [0.2, 0.25) is 5.91 Å². The van der Waals surface area contributed by atoms with Crippen molar-refractivity contribution in [3.05, 3.63) is 95.1 Å². The standard InChI is InChI=1S/C37H43N5O9/c1-4-48-37(47)41-33(39)25-11-13-26(14-12-25)34(44)40-31(35(45)42-19-17-27(18-20-42)49-22-32(43)50-23(2)3)21-24-9-15-28(16-10-24)51-36(46)29-7-5-6-8-30(29)38/h5-16,23,27,31H,4,17-22,38H2,1-3H3,(H,40,44)(H2,39,41,47)/t31-/m0/s1. The van der Waals surface area contributed by atoms with Crippen LogP contribution in [0, 0.1) is 0 Å². The number of benzene rings is 3. The highest BCUT2D eigenvalue weighted by Crippen LogP contribution is 2.20. The molecule has 3 aromatic carbocycles. The van der Waals surface area contributed by atoms with Gasteiger partial charge in [-0.2, -0.15) is 4.99 Å². The molecule has 1 aliphatic rings. The maximum atomic E-state index is 13.9. The first-order valence-corrected chi connectivity index (χ1v) is 16.6. The first-order valence-electron chi connectivity index (χ1n) is 16.6. The van der Waals surface area contributed by atoms with Crippen molar-refractivity contribution >= 4 is 41.4 Å². The second-order valence-corrected chi connectivity index (χ2v) is 12.0. The van der Waals surface area contributed by atoms with E-state index >= 15 is 0 Å². The fourth-order valence-electron chi connectivity index (χ4n) is 5.27. The zero-order valence-corrected chi connectivity index (χ0v) is 28.8. The Morgan fingerprint density at radius 3 is 2.20 bits per heavy atom. The van der Waals surface area contributed by atoms with E-state index in [2.05, 4.69) is 10.3 Å². The van der Waals surface area contributed by atoms with Gasteiger partial charge >= 0.3 is 18.0 Å². The lowest BCUT2D eigenvalue weighted by Crippen LogP contribution is -2.52. The highest BCUT2D eigenvalue weighted by Gasteiger charge is 2.30. The topological polar surface area (TPSA) is 202 Å². The molecular weight excluding hydrogens is 658 g/mol. The number of rotatable bonds is 13. The fourth-order valence-corrected chi connectivity index (χ4v) is 5.27. The van der Waals surface area contributed by atoms with Gasteiger partial charge < -0.3 is 40.6 Å². The number of hydrogen-bond donors (Lipinski definition) is 3. The van der Waals surface area contributed by atoms with Gasteiger partial charge in [-0.05, 0) is 75.6 Å². The number of carbonyl (C=O) groups excluding carboxylic acids is 5. The average molecular weight is 702 g/mol. The van der Waals surface area contributed by atoms with Crippen LogP contribution in [0.3, 0.4) is 0 Å². The number of nitrogens with zero attached hydrogens (tertiary/aromatic N) is 2. The van der Waals surface area contributed by atoms with E-state index in [9.17, 15) is 24.0 Å². The summed E-state index contributed by atoms with van der Waals surface area (Å²) >= 11 is 0. The summed E-state index contributed by atoms with van der Waals surface area (Å²) in [5.41, 5.74) is 13.7. The van der Waals surface area contributed by atoms with Crippen LogP contribution in [0.2, 0.25) is 0 Å². The van der Waals surface area contributed by atoms with Gasteiger partial charge in [0.25, 0.3) is 5.91 Å². The number of amidine groups is 1. The molecule has 4 rings (SSSR count). The lowest BCUT2D eigenvalue weighted by atomic mass is 10.0. The summed E-state index contributed by atoms with van der Waals surface area (Å²) in [6.07, 6.45) is -0.142. The molecule has 14 nitrogen and oxygen atoms in total. The average Bonchev–Trinajstić information content (AvgIpc) is 3.11. The molecule has 0 spiro atoms. The number of likely N-dealkylation sites (tertiary alicyclic amines) is 1. The van der Waals surface area contributed by atoms with Crippen LogP contribution in [0.1, 0.15) is 65.5 Å². The van der Waals surface area contributed by atoms with E-state index in [0.717, 1.165) is 0 Å². The van der Waals surface area contributed by atoms with Crippen LogP contribution in [0.25, 0.3) is 0 Å². The molecule has 270 valence electrons. The van der Waals surface area contributed by atoms with Crippen LogP contribution in [-0.2, 0) is 30.2 Å². The number of piperidine rings is 1. The molecule has 3 aromatic rings. The van der Waals surface area contributed by atoms with E-state index in [-0.39, 0.29) is 60.5 Å². The fraction of sp³-hybridized carbons (Fsp3) is 0.351. The van der Waals surface area contributed by atoms with Crippen molar-refractivity contribution in [1.29, 1.82) is 0 Å². The molecule has 0 bridgehead atoms. The van der Waals surface area contributed by atoms with Gasteiger partial charge in [0.1, 0.15) is 24.2 Å². The molecule has 0 unspecified atom stereocenters. The van der Waals surface area contributed by atoms with E-state index in [1.807, 2.05) is 0 Å². The maximum Gasteiger partial charge on any atom is 0.435 e. The van der Waals surface area contributed by atoms with Gasteiger partial charge in [-0.15, -0.1) is 0 Å². The van der Waals surface area contributed by atoms with Crippen LogP contribution in [0.15, 0.2) is 77.8 Å². The van der Waals surface area contributed by atoms with Crippen LogP contribution >= 0.6 is 0 Å². The molecule has 0 aliphatic carbocycles. The van der Waals surface area contributed by atoms with Crippen molar-refractivity contribution in [1.82, 2.24) is 10.2 Å². The Bertz CT molecular complexity index is 1720. The Balaban J connectivity index is 1.45. The third-order valence-corrected chi connectivity index (χ3v) is 7.84. The molecule has 0 aromatic heterocycles. The second-order valence-electron chi connectivity index (χ2n) is 12.0. The Hall–Kier alpha value is -5.76. The number of amides is 3. The largest absolute Gasteiger partial charge is 0.461 e. The van der Waals surface area contributed by atoms with E-state index in [1.165, 1.54) is 24.3 Å². The second kappa shape index (κ2) is 18.3. The highest BCUT2D eigenvalue weighted by atomic mass is 16.6. The van der Waals surface area contributed by atoms with Crippen LogP contribution in [0.5, 0.6) is 5.75 Å². The normalized spacial score (nSPS) is 14.0. The summed E-state index contributed by atoms with van der Waals surface area (Å²) in [7, 11) is 0. The monoisotopic (exact) mass is 701 g/mol. The molecule has 1 saturated heterocycles. The SMILES string of the molecule is CCOC(=O)N=C(N)c1ccc(C(=O)N[C@@H](Cc2ccc(OC(=O)c3ccccc3N)cc2)C(=O)N2CCC(OCC(=O)OC(C)C)CC2)cc1. The number of nitrogens with two attached hydrogens (primary N) is 2. The number of nitrogen functional groups attached to an aromatic ring is 1. The Labute approximate surface area is 296 Å². The molecule has 1 heterocycles. The highest BCUT2D eigenvalue weighted by molar-refractivity contribution is 6.04. The van der Waals surface area contributed by atoms with Gasteiger partial charge in [-0.25, -0.2) is 14.4 Å². The number of nitrogens with one attached hydrogen (secondary N) is 1. The number of carbonyl (C=O) groups is 5. The number of ether oxygens (including phenoxy) is 4. The molecule has 1 aliphatic heterocycles. The number of aliphatic imine (C=N–C) groups is 1. The van der Waals surface area contributed by atoms with Crippen LogP contribution < -0.4 is 21.5 Å². The number of para-hydroxylation sites is 1. The molecule has 0 saturated carbocycles. The number of esters is 2. The summed E-state index contributed by atoms with van der Waals surface area (Å²) in [5.74, 6) is -1.64. The van der Waals surface area contributed by atoms with Crippen molar-refractivity contribution in [3.8, 4) is 5.75 Å². The van der Waals surface area contributed by atoms with Gasteiger partial charge in [-0.1, -0.05) is 36.4 Å². The minimum absolute atomic E-state index is 0.0704. The van der Waals surface area contributed by atoms with E-state index in [1.54, 1.807) is 74.2 Å². The molecule has 3 amide bonds. The summed E-state index contributed by atoms with van der Waals surface area (Å²) in [6.45, 7) is 5.88. The summed E-state index contributed by atoms with van der Waals surface area (Å²) in [6, 6.07) is 18.3. The predicted molar refractivity (Wildman–Crippen MR) is 188 cm³/mol. The Morgan fingerprint density at radius 2 is 1.57 bits per heavy atom. The van der Waals surface area contributed by atoms with Crippen LogP contribution in [0.4, 0.5) is 10.5 Å². The van der Waals surface area contributed by atoms with Crippen molar-refractivity contribution in [2.24, 2.45) is 10.7 Å². The summed E-state index contributed by atoms with van der Waals surface area (Å²) in [5, 5.41) is 2.86. The lowest BCUT2D eigenvalue weighted by Gasteiger charge is -2.34. The third kappa shape index (κ3) is 11.4. The van der Waals surface area contributed by atoms with Gasteiger partial charge in [0.15, 0.2) is 0 Å². The van der Waals surface area contributed by atoms with Crippen LogP contribution in [-0.4, -0.2) is 85.1 Å². The number of anilines is 1. The molecule has 14 heteroatoms. The zero-order valence-electron chi connectivity index (χ0n) is 28.8. The lowest BCUT2D eigenvalue weighted by molar-refractivity contribution is -0.156. The first-order chi connectivity index (χ1) is 24.4. The molecule has 0 radical (unpaired) electrons. The molecule has 5 N–H and O–H groups in total. The minimum Gasteiger partial charge on any atom is -0.461 e. The number of hydrogen-bond acceptors (Lipinski definition) is 10. The van der Waals surface area contributed by atoms with Crippen molar-refractivity contribution in [2.75, 3.05) is 32.0 Å². The Kier molecular flexibility index (Phi) is 13.6.